The average Bonchev–Trinajstić information content (AvgIpc) is 2.46. The van der Waals surface area contributed by atoms with E-state index in [2.05, 4.69) is 0 Å². The van der Waals surface area contributed by atoms with Crippen LogP contribution in [0, 0.1) is 0 Å². The molecule has 4 heteroatoms. The second kappa shape index (κ2) is 5.53. The van der Waals surface area contributed by atoms with E-state index in [1.807, 2.05) is 6.07 Å². The van der Waals surface area contributed by atoms with Crippen molar-refractivity contribution >= 4 is 9.84 Å². The summed E-state index contributed by atoms with van der Waals surface area (Å²) in [5.74, 6) is 1.21. The van der Waals surface area contributed by atoms with Gasteiger partial charge in [0.2, 0.25) is 9.84 Å². The van der Waals surface area contributed by atoms with E-state index in [1.165, 1.54) is 6.42 Å². The van der Waals surface area contributed by atoms with E-state index in [-0.39, 0.29) is 0 Å². The molecule has 3 nitrogen and oxygen atoms in total. The quantitative estimate of drug-likeness (QED) is 0.863. The highest BCUT2D eigenvalue weighted by Crippen LogP contribution is 2.42. The van der Waals surface area contributed by atoms with Gasteiger partial charge in [0.15, 0.2) is 0 Å². The lowest BCUT2D eigenvalue weighted by molar-refractivity contribution is 0.372. The van der Waals surface area contributed by atoms with E-state index in [0.29, 0.717) is 15.7 Å². The molecule has 2 aromatic carbocycles. The van der Waals surface area contributed by atoms with Gasteiger partial charge >= 0.3 is 0 Å². The Morgan fingerprint density at radius 3 is 2.29 bits per heavy atom. The fraction of sp³-hybridized carbons (Fsp3) is 0.294. The van der Waals surface area contributed by atoms with Crippen molar-refractivity contribution in [3.8, 4) is 5.75 Å². The molecule has 1 fully saturated rings. The third-order valence-electron chi connectivity index (χ3n) is 4.11. The molecule has 0 heterocycles. The summed E-state index contributed by atoms with van der Waals surface area (Å²) in [6.45, 7) is 0. The minimum Gasteiger partial charge on any atom is -0.496 e. The number of sulfone groups is 1. The standard InChI is InChI=1S/C17H18O3S/c1-20-17-11-10-15(12-16(17)13-6-5-7-13)21(18,19)14-8-3-2-4-9-14/h2-4,8-13H,5-7H2,1H3. The topological polar surface area (TPSA) is 43.4 Å². The van der Waals surface area contributed by atoms with Crippen LogP contribution in [0.1, 0.15) is 30.7 Å². The molecule has 0 N–H and O–H groups in total. The maximum Gasteiger partial charge on any atom is 0.206 e. The zero-order chi connectivity index (χ0) is 14.9. The Bertz CT molecular complexity index is 732. The molecule has 0 radical (unpaired) electrons. The molecular formula is C17H18O3S. The molecule has 0 saturated heterocycles. The van der Waals surface area contributed by atoms with Crippen molar-refractivity contribution in [3.05, 3.63) is 54.1 Å². The monoisotopic (exact) mass is 302 g/mol. The summed E-state index contributed by atoms with van der Waals surface area (Å²) in [6.07, 6.45) is 3.40. The molecule has 0 aliphatic heterocycles. The van der Waals surface area contributed by atoms with E-state index in [4.69, 9.17) is 4.74 Å². The number of benzene rings is 2. The van der Waals surface area contributed by atoms with E-state index in [1.54, 1.807) is 49.6 Å². The van der Waals surface area contributed by atoms with E-state index in [0.717, 1.165) is 24.2 Å². The van der Waals surface area contributed by atoms with Gasteiger partial charge in [0.25, 0.3) is 0 Å². The highest BCUT2D eigenvalue weighted by molar-refractivity contribution is 7.91. The third kappa shape index (κ3) is 2.56. The first kappa shape index (κ1) is 14.1. The molecule has 21 heavy (non-hydrogen) atoms. The maximum atomic E-state index is 12.7. The van der Waals surface area contributed by atoms with E-state index < -0.39 is 9.84 Å². The molecule has 0 aromatic heterocycles. The maximum absolute atomic E-state index is 12.7. The summed E-state index contributed by atoms with van der Waals surface area (Å²) < 4.78 is 30.7. The van der Waals surface area contributed by atoms with Gasteiger partial charge in [-0.15, -0.1) is 0 Å². The molecule has 0 bridgehead atoms. The molecule has 0 unspecified atom stereocenters. The smallest absolute Gasteiger partial charge is 0.206 e. The van der Waals surface area contributed by atoms with Gasteiger partial charge in [-0.3, -0.25) is 0 Å². The number of ether oxygens (including phenoxy) is 1. The van der Waals surface area contributed by atoms with Crippen LogP contribution in [-0.4, -0.2) is 15.5 Å². The van der Waals surface area contributed by atoms with Crippen LogP contribution in [0.25, 0.3) is 0 Å². The summed E-state index contributed by atoms with van der Waals surface area (Å²) in [5, 5.41) is 0. The highest BCUT2D eigenvalue weighted by atomic mass is 32.2. The first-order valence-electron chi connectivity index (χ1n) is 7.11. The molecule has 0 spiro atoms. The van der Waals surface area contributed by atoms with Gasteiger partial charge in [-0.25, -0.2) is 8.42 Å². The summed E-state index contributed by atoms with van der Waals surface area (Å²) in [7, 11) is -1.83. The van der Waals surface area contributed by atoms with Crippen molar-refractivity contribution in [2.24, 2.45) is 0 Å². The third-order valence-corrected chi connectivity index (χ3v) is 5.88. The first-order chi connectivity index (χ1) is 10.1. The van der Waals surface area contributed by atoms with Gasteiger partial charge in [-0.05, 0) is 54.7 Å². The predicted molar refractivity (Wildman–Crippen MR) is 81.5 cm³/mol. The molecule has 1 aliphatic rings. The molecule has 2 aromatic rings. The van der Waals surface area contributed by atoms with Crippen molar-refractivity contribution in [1.82, 2.24) is 0 Å². The van der Waals surface area contributed by atoms with Crippen LogP contribution in [0.3, 0.4) is 0 Å². The van der Waals surface area contributed by atoms with Crippen LogP contribution < -0.4 is 4.74 Å². The Hall–Kier alpha value is -1.81. The Balaban J connectivity index is 2.07. The molecule has 1 saturated carbocycles. The molecule has 0 amide bonds. The van der Waals surface area contributed by atoms with Crippen molar-refractivity contribution in [2.75, 3.05) is 7.11 Å². The van der Waals surface area contributed by atoms with Gasteiger partial charge in [0.1, 0.15) is 5.75 Å². The lowest BCUT2D eigenvalue weighted by Gasteiger charge is -2.27. The van der Waals surface area contributed by atoms with Gasteiger partial charge in [-0.1, -0.05) is 24.6 Å². The molecule has 1 aliphatic carbocycles. The lowest BCUT2D eigenvalue weighted by Crippen LogP contribution is -2.11. The van der Waals surface area contributed by atoms with E-state index in [9.17, 15) is 8.42 Å². The van der Waals surface area contributed by atoms with Crippen LogP contribution in [0.4, 0.5) is 0 Å². The van der Waals surface area contributed by atoms with Gasteiger partial charge in [0, 0.05) is 0 Å². The Morgan fingerprint density at radius 2 is 1.71 bits per heavy atom. The Labute approximate surface area is 125 Å². The predicted octanol–water partition coefficient (Wildman–Crippen LogP) is 3.80. The summed E-state index contributed by atoms with van der Waals surface area (Å²) >= 11 is 0. The van der Waals surface area contributed by atoms with Gasteiger partial charge < -0.3 is 4.74 Å². The fourth-order valence-electron chi connectivity index (χ4n) is 2.65. The molecule has 110 valence electrons. The Kier molecular flexibility index (Phi) is 3.72. The summed E-state index contributed by atoms with van der Waals surface area (Å²) in [5.41, 5.74) is 1.01. The first-order valence-corrected chi connectivity index (χ1v) is 8.59. The number of hydrogen-bond acceptors (Lipinski definition) is 3. The number of rotatable bonds is 4. The molecule has 3 rings (SSSR count). The van der Waals surface area contributed by atoms with Crippen molar-refractivity contribution in [1.29, 1.82) is 0 Å². The van der Waals surface area contributed by atoms with Crippen LogP contribution in [0.15, 0.2) is 58.3 Å². The highest BCUT2D eigenvalue weighted by Gasteiger charge is 2.26. The minimum atomic E-state index is -3.46. The zero-order valence-electron chi connectivity index (χ0n) is 12.0. The summed E-state index contributed by atoms with van der Waals surface area (Å²) in [4.78, 5) is 0.672. The number of hydrogen-bond donors (Lipinski definition) is 0. The van der Waals surface area contributed by atoms with E-state index >= 15 is 0 Å². The van der Waals surface area contributed by atoms with Crippen molar-refractivity contribution in [3.63, 3.8) is 0 Å². The minimum absolute atomic E-state index is 0.328. The van der Waals surface area contributed by atoms with Crippen LogP contribution in [0.2, 0.25) is 0 Å². The fourth-order valence-corrected chi connectivity index (χ4v) is 3.97. The van der Waals surface area contributed by atoms with Crippen LogP contribution >= 0.6 is 0 Å². The number of methoxy groups -OCH3 is 1. The molecule has 0 atom stereocenters. The van der Waals surface area contributed by atoms with Crippen molar-refractivity contribution < 1.29 is 13.2 Å². The lowest BCUT2D eigenvalue weighted by atomic mass is 9.80. The van der Waals surface area contributed by atoms with Crippen LogP contribution in [-0.2, 0) is 9.84 Å². The largest absolute Gasteiger partial charge is 0.496 e. The average molecular weight is 302 g/mol. The summed E-state index contributed by atoms with van der Waals surface area (Å²) in [6, 6.07) is 13.7. The van der Waals surface area contributed by atoms with Crippen LogP contribution in [0.5, 0.6) is 5.75 Å². The van der Waals surface area contributed by atoms with Gasteiger partial charge in [-0.2, -0.15) is 0 Å². The second-order valence-electron chi connectivity index (χ2n) is 5.35. The second-order valence-corrected chi connectivity index (χ2v) is 7.30. The SMILES string of the molecule is COc1ccc(S(=O)(=O)c2ccccc2)cc1C1CCC1. The normalized spacial score (nSPS) is 15.5. The zero-order valence-corrected chi connectivity index (χ0v) is 12.8. The van der Waals surface area contributed by atoms with Crippen molar-refractivity contribution in [2.45, 2.75) is 35.0 Å². The Morgan fingerprint density at radius 1 is 1.00 bits per heavy atom. The van der Waals surface area contributed by atoms with Gasteiger partial charge in [0.05, 0.1) is 16.9 Å². The molecular weight excluding hydrogens is 284 g/mol.